The molecular weight excluding hydrogens is 678 g/mol. The van der Waals surface area contributed by atoms with Crippen molar-refractivity contribution < 1.29 is 54.1 Å². The number of Topliss-reactive ketones (excluding diaryl/α,β-unsaturated/α-hetero) is 1. The van der Waals surface area contributed by atoms with E-state index in [2.05, 4.69) is 5.32 Å². The fourth-order valence-electron chi connectivity index (χ4n) is 8.01. The number of fused-ring (bicyclic) bond motifs is 1. The van der Waals surface area contributed by atoms with Gasteiger partial charge in [0.15, 0.2) is 22.4 Å². The molecule has 1 aliphatic rings. The number of methoxy groups -OCH3 is 3. The van der Waals surface area contributed by atoms with Gasteiger partial charge in [-0.15, -0.1) is 0 Å². The predicted molar refractivity (Wildman–Crippen MR) is 191 cm³/mol. The van der Waals surface area contributed by atoms with Gasteiger partial charge < -0.3 is 45.1 Å². The zero-order valence-electron chi connectivity index (χ0n) is 29.0. The molecule has 0 amide bonds. The average molecular weight is 716 g/mol. The van der Waals surface area contributed by atoms with E-state index >= 15 is 0 Å². The third kappa shape index (κ3) is 5.12. The first-order chi connectivity index (χ1) is 24.8. The number of hydrogen-bond acceptors (Lipinski definition) is 14. The van der Waals surface area contributed by atoms with Crippen LogP contribution in [0.15, 0.2) is 27.3 Å². The Hall–Kier alpha value is -5.41. The Balaban J connectivity index is 2.08. The highest BCUT2D eigenvalue weighted by Gasteiger charge is 2.38. The SMILES string of the molecule is COC(=O)C(CO)Cc1c(NC(CO)C(=O)OC)c2c(=O)cc(CO)c3c4c(CO)cc(=O)c5c(O)c(OC)c6c(c(c1C=C(C)C6C(C)=O)c23)c54. The van der Waals surface area contributed by atoms with Crippen molar-refractivity contribution in [2.75, 3.05) is 39.9 Å². The first-order valence-electron chi connectivity index (χ1n) is 16.3. The molecule has 6 N–H and O–H groups in total. The average Bonchev–Trinajstić information content (AvgIpc) is 3.26. The summed E-state index contributed by atoms with van der Waals surface area (Å²) in [6.45, 7) is 0.188. The molecule has 5 aromatic carbocycles. The van der Waals surface area contributed by atoms with E-state index in [1.54, 1.807) is 13.0 Å². The Kier molecular flexibility index (Phi) is 9.53. The second-order valence-corrected chi connectivity index (χ2v) is 12.9. The van der Waals surface area contributed by atoms with E-state index in [1.165, 1.54) is 20.1 Å². The maximum Gasteiger partial charge on any atom is 0.330 e. The lowest BCUT2D eigenvalue weighted by Gasteiger charge is -2.28. The van der Waals surface area contributed by atoms with Gasteiger partial charge in [0, 0.05) is 16.3 Å². The molecular formula is C38H37NO13. The van der Waals surface area contributed by atoms with Crippen LogP contribution in [0.4, 0.5) is 5.69 Å². The van der Waals surface area contributed by atoms with Gasteiger partial charge in [0.2, 0.25) is 0 Å². The molecule has 14 nitrogen and oxygen atoms in total. The summed E-state index contributed by atoms with van der Waals surface area (Å²) in [6.07, 6.45) is 1.36. The monoisotopic (exact) mass is 715 g/mol. The molecule has 1 aliphatic carbocycles. The lowest BCUT2D eigenvalue weighted by atomic mass is 9.78. The smallest absolute Gasteiger partial charge is 0.330 e. The Morgan fingerprint density at radius 1 is 0.788 bits per heavy atom. The van der Waals surface area contributed by atoms with Crippen molar-refractivity contribution in [3.8, 4) is 11.5 Å². The zero-order valence-corrected chi connectivity index (χ0v) is 29.0. The number of hydrogen-bond donors (Lipinski definition) is 6. The molecule has 0 aliphatic heterocycles. The van der Waals surface area contributed by atoms with Crippen LogP contribution in [0.5, 0.6) is 11.5 Å². The van der Waals surface area contributed by atoms with E-state index < -0.39 is 72.9 Å². The highest BCUT2D eigenvalue weighted by Crippen LogP contribution is 2.56. The number of aliphatic hydroxyl groups excluding tert-OH is 4. The molecule has 14 heteroatoms. The minimum atomic E-state index is -1.43. The molecule has 0 bridgehead atoms. The predicted octanol–water partition coefficient (Wildman–Crippen LogP) is 1.95. The van der Waals surface area contributed by atoms with Gasteiger partial charge in [0.25, 0.3) is 0 Å². The topological polar surface area (TPSA) is 226 Å². The van der Waals surface area contributed by atoms with Gasteiger partial charge in [-0.1, -0.05) is 11.6 Å². The maximum absolute atomic E-state index is 14.4. The van der Waals surface area contributed by atoms with Crippen LogP contribution in [-0.4, -0.2) is 83.8 Å². The first-order valence-corrected chi connectivity index (χ1v) is 16.3. The Morgan fingerprint density at radius 2 is 1.37 bits per heavy atom. The summed E-state index contributed by atoms with van der Waals surface area (Å²) in [6, 6.07) is 0.877. The summed E-state index contributed by atoms with van der Waals surface area (Å²) >= 11 is 0. The molecule has 0 spiro atoms. The molecule has 0 radical (unpaired) electrons. The van der Waals surface area contributed by atoms with E-state index in [4.69, 9.17) is 14.2 Å². The van der Waals surface area contributed by atoms with Crippen LogP contribution in [0.25, 0.3) is 49.2 Å². The number of carbonyl (C=O) groups excluding carboxylic acids is 3. The van der Waals surface area contributed by atoms with Gasteiger partial charge in [0.05, 0.1) is 76.1 Å². The molecule has 272 valence electrons. The lowest BCUT2D eigenvalue weighted by molar-refractivity contribution is -0.146. The number of rotatable bonds is 12. The summed E-state index contributed by atoms with van der Waals surface area (Å²) in [5.74, 6) is -5.06. The van der Waals surface area contributed by atoms with Crippen LogP contribution in [0, 0.1) is 5.92 Å². The fourth-order valence-corrected chi connectivity index (χ4v) is 8.01. The molecule has 0 fully saturated rings. The number of anilines is 1. The summed E-state index contributed by atoms with van der Waals surface area (Å²) < 4.78 is 15.6. The number of ether oxygens (including phenoxy) is 3. The normalized spacial score (nSPS) is 15.2. The molecule has 0 saturated carbocycles. The van der Waals surface area contributed by atoms with E-state index in [9.17, 15) is 49.5 Å². The minimum absolute atomic E-state index is 0.0143. The second kappa shape index (κ2) is 13.6. The number of allylic oxidation sites excluding steroid dienone is 1. The molecule has 6 rings (SSSR count). The van der Waals surface area contributed by atoms with Crippen LogP contribution in [-0.2, 0) is 43.5 Å². The molecule has 0 heterocycles. The third-order valence-corrected chi connectivity index (χ3v) is 10.1. The number of phenols is 1. The van der Waals surface area contributed by atoms with Gasteiger partial charge >= 0.3 is 11.9 Å². The van der Waals surface area contributed by atoms with Crippen LogP contribution in [0.2, 0.25) is 0 Å². The van der Waals surface area contributed by atoms with Gasteiger partial charge in [0.1, 0.15) is 11.8 Å². The number of aromatic hydroxyl groups is 1. The van der Waals surface area contributed by atoms with Crippen molar-refractivity contribution in [3.63, 3.8) is 0 Å². The van der Waals surface area contributed by atoms with Crippen LogP contribution >= 0.6 is 0 Å². The number of phenolic OH excluding ortho intramolecular Hbond substituents is 1. The van der Waals surface area contributed by atoms with E-state index in [0.29, 0.717) is 11.1 Å². The van der Waals surface area contributed by atoms with Crippen molar-refractivity contribution in [1.29, 1.82) is 0 Å². The standard InChI is InChI=1S/C38H37NO13/c1-14-6-19-20(7-18(12-42)37(48)51-4)34(39-21(13-43)38(49)52-5)28-22(45)8-16(10-40)25-26-17(11-41)9-23(46)29-31(26)32(27(19)30(25)28)33(24(14)15(2)44)36(50-3)35(29)47/h6,8-9,18,21,24,39-43,47H,7,10-13H2,1-5H3. The number of benzene rings is 5. The Morgan fingerprint density at radius 3 is 1.87 bits per heavy atom. The summed E-state index contributed by atoms with van der Waals surface area (Å²) in [7, 11) is 3.53. The quantitative estimate of drug-likeness (QED) is 0.0617. The van der Waals surface area contributed by atoms with E-state index in [-0.39, 0.29) is 89.0 Å². The number of esters is 2. The van der Waals surface area contributed by atoms with Crippen molar-refractivity contribution in [1.82, 2.24) is 0 Å². The van der Waals surface area contributed by atoms with Crippen molar-refractivity contribution >= 4 is 72.6 Å². The number of ketones is 1. The third-order valence-electron chi connectivity index (χ3n) is 10.1. The molecule has 3 atom stereocenters. The van der Waals surface area contributed by atoms with Crippen LogP contribution in [0.3, 0.4) is 0 Å². The highest BCUT2D eigenvalue weighted by molar-refractivity contribution is 6.39. The van der Waals surface area contributed by atoms with Crippen molar-refractivity contribution in [2.45, 2.75) is 45.4 Å². The summed E-state index contributed by atoms with van der Waals surface area (Å²) in [5.41, 5.74) is -0.0158. The van der Waals surface area contributed by atoms with Crippen molar-refractivity contribution in [3.05, 3.63) is 66.0 Å². The van der Waals surface area contributed by atoms with Crippen LogP contribution < -0.4 is 20.9 Å². The number of aliphatic hydroxyl groups is 4. The number of nitrogens with one attached hydrogen (secondary N) is 1. The van der Waals surface area contributed by atoms with E-state index in [1.807, 2.05) is 0 Å². The molecule has 0 saturated heterocycles. The Labute approximate surface area is 295 Å². The lowest BCUT2D eigenvalue weighted by Crippen LogP contribution is -2.35. The van der Waals surface area contributed by atoms with Gasteiger partial charge in [-0.2, -0.15) is 0 Å². The zero-order chi connectivity index (χ0) is 37.9. The minimum Gasteiger partial charge on any atom is -0.504 e. The van der Waals surface area contributed by atoms with Crippen molar-refractivity contribution in [2.24, 2.45) is 5.92 Å². The molecule has 0 aromatic heterocycles. The first kappa shape index (κ1) is 36.4. The fraction of sp³-hybridized carbons (Fsp3) is 0.342. The molecule has 5 aromatic rings. The Bertz CT molecular complexity index is 2470. The highest BCUT2D eigenvalue weighted by atomic mass is 16.5. The maximum atomic E-state index is 14.4. The van der Waals surface area contributed by atoms with Gasteiger partial charge in [-0.05, 0) is 76.2 Å². The summed E-state index contributed by atoms with van der Waals surface area (Å²) in [4.78, 5) is 67.8. The van der Waals surface area contributed by atoms with Gasteiger partial charge in [-0.25, -0.2) is 4.79 Å². The molecule has 3 unspecified atom stereocenters. The van der Waals surface area contributed by atoms with Crippen LogP contribution in [0.1, 0.15) is 47.6 Å². The second-order valence-electron chi connectivity index (χ2n) is 12.9. The van der Waals surface area contributed by atoms with Gasteiger partial charge in [-0.3, -0.25) is 19.2 Å². The van der Waals surface area contributed by atoms with E-state index in [0.717, 1.165) is 20.3 Å². The molecule has 52 heavy (non-hydrogen) atoms. The summed E-state index contributed by atoms with van der Waals surface area (Å²) in [5, 5.41) is 57.9. The number of carbonyl (C=O) groups is 3. The largest absolute Gasteiger partial charge is 0.504 e.